The number of carbonyl (C=O) groups excluding carboxylic acids is 1. The predicted octanol–water partition coefficient (Wildman–Crippen LogP) is 6.07. The highest BCUT2D eigenvalue weighted by atomic mass is 16.6. The molecule has 0 saturated carbocycles. The molecule has 0 aliphatic rings. The summed E-state index contributed by atoms with van der Waals surface area (Å²) in [7, 11) is 0. The van der Waals surface area contributed by atoms with E-state index in [0.717, 1.165) is 11.1 Å². The van der Waals surface area contributed by atoms with Gasteiger partial charge >= 0.3 is 5.69 Å². The number of ketones is 1. The molecule has 1 heterocycles. The molecule has 0 aliphatic heterocycles. The summed E-state index contributed by atoms with van der Waals surface area (Å²) >= 11 is 0. The van der Waals surface area contributed by atoms with E-state index < -0.39 is 4.92 Å². The maximum atomic E-state index is 13.1. The Morgan fingerprint density at radius 1 is 1.00 bits per heavy atom. The highest BCUT2D eigenvalue weighted by Gasteiger charge is 2.28. The average molecular weight is 456 g/mol. The summed E-state index contributed by atoms with van der Waals surface area (Å²) in [6, 6.07) is 26.3. The molecule has 7 nitrogen and oxygen atoms in total. The molecule has 0 aliphatic carbocycles. The summed E-state index contributed by atoms with van der Waals surface area (Å²) in [5.41, 5.74) is 2.61. The van der Waals surface area contributed by atoms with E-state index in [1.807, 2.05) is 60.7 Å². The summed E-state index contributed by atoms with van der Waals surface area (Å²) in [6.07, 6.45) is 0.371. The number of hydrogen-bond donors (Lipinski definition) is 0. The van der Waals surface area contributed by atoms with Crippen LogP contribution in [0.4, 0.5) is 5.69 Å². The van der Waals surface area contributed by atoms with Crippen LogP contribution in [0, 0.1) is 17.0 Å². The van der Waals surface area contributed by atoms with Gasteiger partial charge < -0.3 is 9.26 Å². The first kappa shape index (κ1) is 22.9. The van der Waals surface area contributed by atoms with Crippen molar-refractivity contribution in [2.45, 2.75) is 32.3 Å². The normalized spacial score (nSPS) is 11.7. The molecule has 7 heteroatoms. The quantitative estimate of drug-likeness (QED) is 0.163. The SMILES string of the molecule is Cc1noc(C[C@H](CC(=O)c2ccc(OCc3ccccc3)cc2)c2ccccc2)c1[N+](=O)[O-]. The Morgan fingerprint density at radius 2 is 1.65 bits per heavy atom. The zero-order valence-corrected chi connectivity index (χ0v) is 18.7. The van der Waals surface area contributed by atoms with Gasteiger partial charge in [0, 0.05) is 18.4 Å². The Balaban J connectivity index is 1.48. The van der Waals surface area contributed by atoms with E-state index >= 15 is 0 Å². The van der Waals surface area contributed by atoms with Crippen molar-refractivity contribution in [3.8, 4) is 5.75 Å². The van der Waals surface area contributed by atoms with Gasteiger partial charge in [-0.1, -0.05) is 65.8 Å². The maximum absolute atomic E-state index is 13.1. The van der Waals surface area contributed by atoms with Crippen molar-refractivity contribution in [2.75, 3.05) is 0 Å². The molecule has 3 aromatic carbocycles. The van der Waals surface area contributed by atoms with Gasteiger partial charge in [0.25, 0.3) is 0 Å². The molecule has 172 valence electrons. The summed E-state index contributed by atoms with van der Waals surface area (Å²) in [5, 5.41) is 15.2. The fraction of sp³-hybridized carbons (Fsp3) is 0.185. The maximum Gasteiger partial charge on any atom is 0.334 e. The summed E-state index contributed by atoms with van der Waals surface area (Å²) in [6.45, 7) is 1.98. The van der Waals surface area contributed by atoms with E-state index in [-0.39, 0.29) is 41.7 Å². The van der Waals surface area contributed by atoms with Gasteiger partial charge in [0.05, 0.1) is 4.92 Å². The fourth-order valence-corrected chi connectivity index (χ4v) is 3.86. The third kappa shape index (κ3) is 5.56. The molecule has 1 aromatic heterocycles. The van der Waals surface area contributed by atoms with Gasteiger partial charge in [0.2, 0.25) is 5.76 Å². The van der Waals surface area contributed by atoms with Crippen molar-refractivity contribution in [3.05, 3.63) is 123 Å². The van der Waals surface area contributed by atoms with Crippen LogP contribution in [0.15, 0.2) is 89.5 Å². The number of rotatable bonds is 10. The van der Waals surface area contributed by atoms with Crippen LogP contribution in [0.2, 0.25) is 0 Å². The van der Waals surface area contributed by atoms with Gasteiger partial charge in [0.15, 0.2) is 11.5 Å². The minimum atomic E-state index is -0.487. The lowest BCUT2D eigenvalue weighted by molar-refractivity contribution is -0.386. The minimum Gasteiger partial charge on any atom is -0.489 e. The summed E-state index contributed by atoms with van der Waals surface area (Å²) in [5.74, 6) is 0.484. The van der Waals surface area contributed by atoms with Gasteiger partial charge in [0.1, 0.15) is 12.4 Å². The topological polar surface area (TPSA) is 95.5 Å². The number of nitro groups is 1. The van der Waals surface area contributed by atoms with Crippen molar-refractivity contribution in [1.29, 1.82) is 0 Å². The number of aromatic nitrogens is 1. The van der Waals surface area contributed by atoms with Crippen LogP contribution >= 0.6 is 0 Å². The third-order valence-electron chi connectivity index (χ3n) is 5.64. The van der Waals surface area contributed by atoms with Crippen LogP contribution in [0.25, 0.3) is 0 Å². The number of Topliss-reactive ketones (excluding diaryl/α,β-unsaturated/α-hetero) is 1. The molecule has 34 heavy (non-hydrogen) atoms. The Labute approximate surface area is 197 Å². The zero-order chi connectivity index (χ0) is 23.9. The van der Waals surface area contributed by atoms with Crippen molar-refractivity contribution in [3.63, 3.8) is 0 Å². The number of aryl methyl sites for hydroxylation is 1. The molecule has 0 unspecified atom stereocenters. The van der Waals surface area contributed by atoms with Gasteiger partial charge in [-0.2, -0.15) is 0 Å². The summed E-state index contributed by atoms with van der Waals surface area (Å²) in [4.78, 5) is 24.1. The van der Waals surface area contributed by atoms with E-state index in [2.05, 4.69) is 5.16 Å². The van der Waals surface area contributed by atoms with Gasteiger partial charge in [-0.15, -0.1) is 0 Å². The molecule has 4 aromatic rings. The van der Waals surface area contributed by atoms with Crippen molar-refractivity contribution < 1.29 is 19.0 Å². The Hall–Kier alpha value is -4.26. The second kappa shape index (κ2) is 10.6. The molecule has 0 amide bonds. The number of nitrogens with zero attached hydrogens (tertiary/aromatic N) is 2. The smallest absolute Gasteiger partial charge is 0.334 e. The lowest BCUT2D eigenvalue weighted by atomic mass is 9.88. The lowest BCUT2D eigenvalue weighted by Crippen LogP contribution is -2.11. The Bertz CT molecular complexity index is 1250. The van der Waals surface area contributed by atoms with Crippen LogP contribution in [0.1, 0.15) is 45.3 Å². The van der Waals surface area contributed by atoms with Crippen molar-refractivity contribution >= 4 is 11.5 Å². The van der Waals surface area contributed by atoms with Crippen LogP contribution in [0.3, 0.4) is 0 Å². The summed E-state index contributed by atoms with van der Waals surface area (Å²) < 4.78 is 11.1. The molecule has 0 spiro atoms. The average Bonchev–Trinajstić information content (AvgIpc) is 3.24. The number of benzene rings is 3. The lowest BCUT2D eigenvalue weighted by Gasteiger charge is -2.15. The molecule has 0 saturated heterocycles. The standard InChI is InChI=1S/C27H24N2O5/c1-19-27(29(31)32)26(34-28-19)17-23(21-10-6-3-7-11-21)16-25(30)22-12-14-24(15-13-22)33-18-20-8-4-2-5-9-20/h2-15,23H,16-18H2,1H3/t23-/m0/s1. The minimum absolute atomic E-state index is 0.0673. The Morgan fingerprint density at radius 3 is 2.29 bits per heavy atom. The van der Waals surface area contributed by atoms with Gasteiger partial charge in [-0.05, 0) is 48.2 Å². The Kier molecular flexibility index (Phi) is 7.13. The predicted molar refractivity (Wildman–Crippen MR) is 127 cm³/mol. The first-order valence-electron chi connectivity index (χ1n) is 11.0. The van der Waals surface area contributed by atoms with E-state index in [9.17, 15) is 14.9 Å². The fourth-order valence-electron chi connectivity index (χ4n) is 3.86. The number of hydrogen-bond acceptors (Lipinski definition) is 6. The van der Waals surface area contributed by atoms with E-state index in [0.29, 0.717) is 17.9 Å². The highest BCUT2D eigenvalue weighted by molar-refractivity contribution is 5.96. The van der Waals surface area contributed by atoms with Crippen molar-refractivity contribution in [1.82, 2.24) is 5.16 Å². The third-order valence-corrected chi connectivity index (χ3v) is 5.64. The molecule has 0 bridgehead atoms. The molecular formula is C27H24N2O5. The largest absolute Gasteiger partial charge is 0.489 e. The monoisotopic (exact) mass is 456 g/mol. The number of carbonyl (C=O) groups is 1. The molecule has 4 rings (SSSR count). The molecular weight excluding hydrogens is 432 g/mol. The van der Waals surface area contributed by atoms with Crippen LogP contribution in [0.5, 0.6) is 5.75 Å². The van der Waals surface area contributed by atoms with Crippen LogP contribution in [-0.4, -0.2) is 15.9 Å². The highest BCUT2D eigenvalue weighted by Crippen LogP contribution is 2.32. The molecule has 1 atom stereocenters. The van der Waals surface area contributed by atoms with Crippen LogP contribution in [-0.2, 0) is 13.0 Å². The number of ether oxygens (including phenoxy) is 1. The van der Waals surface area contributed by atoms with E-state index in [1.165, 1.54) is 6.92 Å². The van der Waals surface area contributed by atoms with Crippen LogP contribution < -0.4 is 4.74 Å². The van der Waals surface area contributed by atoms with E-state index in [1.54, 1.807) is 24.3 Å². The van der Waals surface area contributed by atoms with E-state index in [4.69, 9.17) is 9.26 Å². The molecule has 0 fully saturated rings. The molecule has 0 N–H and O–H groups in total. The second-order valence-electron chi connectivity index (χ2n) is 8.03. The first-order valence-corrected chi connectivity index (χ1v) is 11.0. The van der Waals surface area contributed by atoms with Gasteiger partial charge in [-0.25, -0.2) is 0 Å². The van der Waals surface area contributed by atoms with Gasteiger partial charge in [-0.3, -0.25) is 14.9 Å². The zero-order valence-electron chi connectivity index (χ0n) is 18.7. The molecule has 0 radical (unpaired) electrons. The first-order chi connectivity index (χ1) is 16.5. The van der Waals surface area contributed by atoms with Crippen molar-refractivity contribution in [2.24, 2.45) is 0 Å². The second-order valence-corrected chi connectivity index (χ2v) is 8.03.